The first kappa shape index (κ1) is 22.8. The van der Waals surface area contributed by atoms with E-state index in [9.17, 15) is 8.42 Å². The summed E-state index contributed by atoms with van der Waals surface area (Å²) >= 11 is 0. The van der Waals surface area contributed by atoms with Crippen molar-refractivity contribution in [3.8, 4) is 11.5 Å². The van der Waals surface area contributed by atoms with Crippen LogP contribution in [0, 0.1) is 5.92 Å². The van der Waals surface area contributed by atoms with Gasteiger partial charge in [-0.3, -0.25) is 4.99 Å². The molecule has 0 aliphatic carbocycles. The summed E-state index contributed by atoms with van der Waals surface area (Å²) in [6, 6.07) is 7.51. The summed E-state index contributed by atoms with van der Waals surface area (Å²) in [5.74, 6) is 2.71. The molecule has 1 aliphatic heterocycles. The Hall–Kier alpha value is -1.23. The fraction of sp³-hybridized carbons (Fsp3) is 0.588. The molecule has 2 unspecified atom stereocenters. The van der Waals surface area contributed by atoms with Gasteiger partial charge in [0.05, 0.1) is 25.2 Å². The quantitative estimate of drug-likeness (QED) is 0.339. The average molecular weight is 497 g/mol. The standard InChI is InChI=1S/C17H27N3O4S.HI/c1-13(24-16-7-5-4-6-15(16)23-3)10-19-17(18-2)20-11-14-8-9-25(21,22)12-14;/h4-7,13-14H,8-12H2,1-3H3,(H2,18,19,20);1H. The van der Waals surface area contributed by atoms with Crippen molar-refractivity contribution in [2.45, 2.75) is 19.4 Å². The molecule has 26 heavy (non-hydrogen) atoms. The first-order valence-electron chi connectivity index (χ1n) is 8.38. The monoisotopic (exact) mass is 497 g/mol. The molecular formula is C17H28IN3O4S. The van der Waals surface area contributed by atoms with Gasteiger partial charge in [0.15, 0.2) is 27.3 Å². The molecule has 0 bridgehead atoms. The molecule has 2 atom stereocenters. The zero-order chi connectivity index (χ0) is 18.3. The summed E-state index contributed by atoms with van der Waals surface area (Å²) in [5.41, 5.74) is 0. The molecule has 148 valence electrons. The van der Waals surface area contributed by atoms with Crippen LogP contribution in [0.2, 0.25) is 0 Å². The van der Waals surface area contributed by atoms with Gasteiger partial charge in [-0.1, -0.05) is 12.1 Å². The van der Waals surface area contributed by atoms with Crippen LogP contribution < -0.4 is 20.1 Å². The molecule has 0 amide bonds. The van der Waals surface area contributed by atoms with Crippen LogP contribution in [0.15, 0.2) is 29.3 Å². The highest BCUT2D eigenvalue weighted by Crippen LogP contribution is 2.26. The molecular weight excluding hydrogens is 469 g/mol. The van der Waals surface area contributed by atoms with Crippen molar-refractivity contribution in [2.75, 3.05) is 38.8 Å². The molecule has 1 aromatic rings. The number of methoxy groups -OCH3 is 1. The minimum Gasteiger partial charge on any atom is -0.493 e. The number of ether oxygens (including phenoxy) is 2. The number of guanidine groups is 1. The van der Waals surface area contributed by atoms with Crippen LogP contribution in [-0.4, -0.2) is 59.2 Å². The van der Waals surface area contributed by atoms with Crippen molar-refractivity contribution >= 4 is 39.8 Å². The van der Waals surface area contributed by atoms with E-state index in [0.717, 1.165) is 0 Å². The van der Waals surface area contributed by atoms with E-state index in [1.165, 1.54) is 0 Å². The molecule has 0 spiro atoms. The molecule has 0 radical (unpaired) electrons. The summed E-state index contributed by atoms with van der Waals surface area (Å²) in [4.78, 5) is 4.16. The van der Waals surface area contributed by atoms with Crippen molar-refractivity contribution < 1.29 is 17.9 Å². The number of halogens is 1. The highest BCUT2D eigenvalue weighted by Gasteiger charge is 2.27. The summed E-state index contributed by atoms with van der Waals surface area (Å²) in [5, 5.41) is 6.38. The number of para-hydroxylation sites is 2. The lowest BCUT2D eigenvalue weighted by Gasteiger charge is -2.19. The Morgan fingerprint density at radius 3 is 2.58 bits per heavy atom. The van der Waals surface area contributed by atoms with Gasteiger partial charge in [0, 0.05) is 13.6 Å². The lowest BCUT2D eigenvalue weighted by Crippen LogP contribution is -2.43. The summed E-state index contributed by atoms with van der Waals surface area (Å²) in [6.07, 6.45) is 0.612. The number of nitrogens with zero attached hydrogens (tertiary/aromatic N) is 1. The van der Waals surface area contributed by atoms with E-state index in [-0.39, 0.29) is 47.5 Å². The minimum atomic E-state index is -2.85. The fourth-order valence-electron chi connectivity index (χ4n) is 2.71. The van der Waals surface area contributed by atoms with Gasteiger partial charge in [0.1, 0.15) is 6.10 Å². The van der Waals surface area contributed by atoms with Crippen LogP contribution in [0.4, 0.5) is 0 Å². The highest BCUT2D eigenvalue weighted by molar-refractivity contribution is 14.0. The van der Waals surface area contributed by atoms with Crippen molar-refractivity contribution in [3.05, 3.63) is 24.3 Å². The van der Waals surface area contributed by atoms with E-state index in [0.29, 0.717) is 37.0 Å². The zero-order valence-electron chi connectivity index (χ0n) is 15.4. The maximum atomic E-state index is 11.5. The molecule has 1 heterocycles. The maximum Gasteiger partial charge on any atom is 0.191 e. The van der Waals surface area contributed by atoms with E-state index >= 15 is 0 Å². The Morgan fingerprint density at radius 2 is 2.00 bits per heavy atom. The Balaban J connectivity index is 0.00000338. The number of rotatable bonds is 7. The second kappa shape index (κ2) is 10.8. The topological polar surface area (TPSA) is 89.0 Å². The number of hydrogen-bond acceptors (Lipinski definition) is 5. The second-order valence-electron chi connectivity index (χ2n) is 6.18. The number of hydrogen-bond donors (Lipinski definition) is 2. The second-order valence-corrected chi connectivity index (χ2v) is 8.41. The lowest BCUT2D eigenvalue weighted by molar-refractivity contribution is 0.213. The zero-order valence-corrected chi connectivity index (χ0v) is 18.5. The molecule has 2 rings (SSSR count). The largest absolute Gasteiger partial charge is 0.493 e. The van der Waals surface area contributed by atoms with Gasteiger partial charge in [0.2, 0.25) is 0 Å². The third kappa shape index (κ3) is 7.18. The van der Waals surface area contributed by atoms with Gasteiger partial charge in [-0.2, -0.15) is 0 Å². The van der Waals surface area contributed by atoms with Crippen LogP contribution in [0.5, 0.6) is 11.5 Å². The van der Waals surface area contributed by atoms with Crippen molar-refractivity contribution in [1.29, 1.82) is 0 Å². The van der Waals surface area contributed by atoms with Gasteiger partial charge >= 0.3 is 0 Å². The molecule has 9 heteroatoms. The fourth-order valence-corrected chi connectivity index (χ4v) is 4.57. The molecule has 7 nitrogen and oxygen atoms in total. The Labute approximate surface area is 172 Å². The van der Waals surface area contributed by atoms with E-state index in [2.05, 4.69) is 15.6 Å². The summed E-state index contributed by atoms with van der Waals surface area (Å²) in [6.45, 7) is 3.11. The van der Waals surface area contributed by atoms with Crippen LogP contribution >= 0.6 is 24.0 Å². The van der Waals surface area contributed by atoms with E-state index in [4.69, 9.17) is 9.47 Å². The maximum absolute atomic E-state index is 11.5. The molecule has 1 aromatic carbocycles. The van der Waals surface area contributed by atoms with Gasteiger partial charge in [0.25, 0.3) is 0 Å². The number of sulfone groups is 1. The molecule has 0 aromatic heterocycles. The first-order chi connectivity index (χ1) is 11.9. The number of nitrogens with one attached hydrogen (secondary N) is 2. The van der Waals surface area contributed by atoms with Crippen LogP contribution in [0.3, 0.4) is 0 Å². The third-order valence-corrected chi connectivity index (χ3v) is 5.90. The SMILES string of the molecule is CN=C(NCC1CCS(=O)(=O)C1)NCC(C)Oc1ccccc1OC.I. The number of benzene rings is 1. The molecule has 1 saturated heterocycles. The molecule has 2 N–H and O–H groups in total. The smallest absolute Gasteiger partial charge is 0.191 e. The predicted molar refractivity (Wildman–Crippen MR) is 115 cm³/mol. The summed E-state index contributed by atoms with van der Waals surface area (Å²) < 4.78 is 34.2. The van der Waals surface area contributed by atoms with Gasteiger partial charge in [-0.15, -0.1) is 24.0 Å². The normalized spacial score (nSPS) is 20.0. The predicted octanol–water partition coefficient (Wildman–Crippen LogP) is 1.68. The van der Waals surface area contributed by atoms with Gasteiger partial charge in [-0.25, -0.2) is 8.42 Å². The Kier molecular flexibility index (Phi) is 9.48. The van der Waals surface area contributed by atoms with Crippen molar-refractivity contribution in [1.82, 2.24) is 10.6 Å². The van der Waals surface area contributed by atoms with Crippen molar-refractivity contribution in [3.63, 3.8) is 0 Å². The van der Waals surface area contributed by atoms with E-state index < -0.39 is 9.84 Å². The minimum absolute atomic E-state index is 0. The Bertz CT molecular complexity index is 697. The number of aliphatic imine (C=N–C) groups is 1. The van der Waals surface area contributed by atoms with Crippen LogP contribution in [-0.2, 0) is 9.84 Å². The highest BCUT2D eigenvalue weighted by atomic mass is 127. The van der Waals surface area contributed by atoms with E-state index in [1.54, 1.807) is 14.2 Å². The first-order valence-corrected chi connectivity index (χ1v) is 10.2. The van der Waals surface area contributed by atoms with Crippen LogP contribution in [0.25, 0.3) is 0 Å². The lowest BCUT2D eigenvalue weighted by atomic mass is 10.1. The third-order valence-electron chi connectivity index (χ3n) is 4.06. The molecule has 0 saturated carbocycles. The van der Waals surface area contributed by atoms with Gasteiger partial charge in [-0.05, 0) is 31.4 Å². The molecule has 1 aliphatic rings. The Morgan fingerprint density at radius 1 is 1.31 bits per heavy atom. The van der Waals surface area contributed by atoms with E-state index in [1.807, 2.05) is 31.2 Å². The van der Waals surface area contributed by atoms with Gasteiger partial charge < -0.3 is 20.1 Å². The average Bonchev–Trinajstić information content (AvgIpc) is 2.94. The van der Waals surface area contributed by atoms with Crippen molar-refractivity contribution in [2.24, 2.45) is 10.9 Å². The van der Waals surface area contributed by atoms with Crippen LogP contribution in [0.1, 0.15) is 13.3 Å². The molecule has 1 fully saturated rings. The summed E-state index contributed by atoms with van der Waals surface area (Å²) in [7, 11) is 0.449.